The zero-order chi connectivity index (χ0) is 13.5. The molecule has 0 saturated heterocycles. The molecule has 98 valence electrons. The summed E-state index contributed by atoms with van der Waals surface area (Å²) in [6.45, 7) is 4.78. The van der Waals surface area contributed by atoms with Crippen LogP contribution in [0, 0.1) is 10.7 Å². The molecule has 0 bridgehead atoms. The molecule has 0 fully saturated rings. The van der Waals surface area contributed by atoms with E-state index in [2.05, 4.69) is 4.74 Å². The van der Waals surface area contributed by atoms with Crippen molar-refractivity contribution >= 4 is 25.3 Å². The van der Waals surface area contributed by atoms with Crippen LogP contribution in [0.1, 0.15) is 20.8 Å². The van der Waals surface area contributed by atoms with E-state index in [1.807, 2.05) is 0 Å². The lowest BCUT2D eigenvalue weighted by atomic mass is 10.5. The average Bonchev–Trinajstić information content (AvgIpc) is 2.28. The van der Waals surface area contributed by atoms with E-state index >= 15 is 0 Å². The first-order valence-corrected chi connectivity index (χ1v) is 7.32. The Morgan fingerprint density at radius 3 is 2.18 bits per heavy atom. The molecule has 0 aliphatic carbocycles. The number of hydrogen-bond donors (Lipinski definition) is 0. The highest BCUT2D eigenvalue weighted by molar-refractivity contribution is 8.11. The highest BCUT2D eigenvalue weighted by Crippen LogP contribution is 2.64. The molecule has 8 heteroatoms. The van der Waals surface area contributed by atoms with E-state index in [0.29, 0.717) is 11.8 Å². The largest absolute Gasteiger partial charge is 0.467 e. The van der Waals surface area contributed by atoms with E-state index in [9.17, 15) is 9.36 Å². The molecule has 0 spiro atoms. The van der Waals surface area contributed by atoms with Crippen LogP contribution >= 0.6 is 19.4 Å². The van der Waals surface area contributed by atoms with Gasteiger partial charge in [0, 0.05) is 0 Å². The van der Waals surface area contributed by atoms with Crippen LogP contribution in [0.25, 0.3) is 0 Å². The van der Waals surface area contributed by atoms with Gasteiger partial charge < -0.3 is 13.8 Å². The van der Waals surface area contributed by atoms with E-state index in [0.717, 1.165) is 7.11 Å². The molecular weight excluding hydrogens is 265 g/mol. The minimum Gasteiger partial charge on any atom is -0.467 e. The molecule has 0 saturated carbocycles. The summed E-state index contributed by atoms with van der Waals surface area (Å²) in [7, 11) is -2.61. The molecule has 0 aliphatic heterocycles. The number of carbonyl (C=O) groups excluding carboxylic acids is 1. The Bertz CT molecular complexity index is 346. The van der Waals surface area contributed by atoms with Crippen molar-refractivity contribution in [2.24, 2.45) is 0 Å². The Hall–Kier alpha value is -0.540. The third kappa shape index (κ3) is 3.46. The van der Waals surface area contributed by atoms with Crippen LogP contribution in [-0.2, 0) is 23.1 Å². The fourth-order valence-electron chi connectivity index (χ4n) is 1.11. The number of thioether (sulfide) groups is 1. The molecule has 0 aliphatic rings. The van der Waals surface area contributed by atoms with Crippen LogP contribution in [-0.4, -0.2) is 30.8 Å². The predicted molar refractivity (Wildman–Crippen MR) is 64.5 cm³/mol. The van der Waals surface area contributed by atoms with Gasteiger partial charge in [0.1, 0.15) is 5.40 Å². The van der Waals surface area contributed by atoms with E-state index < -0.39 is 18.1 Å². The number of nitrogens with zero attached hydrogens (tertiary/aromatic N) is 1. The summed E-state index contributed by atoms with van der Waals surface area (Å²) in [6.07, 6.45) is 0. The van der Waals surface area contributed by atoms with Crippen LogP contribution in [0.2, 0.25) is 0 Å². The second kappa shape index (κ2) is 7.02. The summed E-state index contributed by atoms with van der Waals surface area (Å²) in [5, 5.41) is 10.4. The van der Waals surface area contributed by atoms with Crippen LogP contribution in [0.4, 0.5) is 0 Å². The SMILES string of the molecule is CCOP(=O)(OCC)C(C)(SC#N)C(=O)OC. The zero-order valence-corrected chi connectivity index (χ0v) is 12.0. The van der Waals surface area contributed by atoms with Gasteiger partial charge in [0.05, 0.1) is 20.3 Å². The third-order valence-electron chi connectivity index (χ3n) is 1.93. The van der Waals surface area contributed by atoms with Gasteiger partial charge in [-0.2, -0.15) is 5.26 Å². The molecule has 0 heterocycles. The molecule has 0 amide bonds. The molecule has 6 nitrogen and oxygen atoms in total. The predicted octanol–water partition coefficient (Wildman–Crippen LogP) is 2.36. The van der Waals surface area contributed by atoms with Crippen LogP contribution < -0.4 is 0 Å². The number of hydrogen-bond acceptors (Lipinski definition) is 7. The summed E-state index contributed by atoms with van der Waals surface area (Å²) in [4.78, 5) is 11.7. The van der Waals surface area contributed by atoms with Gasteiger partial charge in [-0.05, 0) is 32.5 Å². The van der Waals surface area contributed by atoms with Crippen LogP contribution in [0.3, 0.4) is 0 Å². The second-order valence-electron chi connectivity index (χ2n) is 3.00. The van der Waals surface area contributed by atoms with Crippen molar-refractivity contribution in [1.82, 2.24) is 0 Å². The summed E-state index contributed by atoms with van der Waals surface area (Å²) in [6, 6.07) is 0. The summed E-state index contributed by atoms with van der Waals surface area (Å²) < 4.78 is 25.5. The van der Waals surface area contributed by atoms with Gasteiger partial charge in [0.25, 0.3) is 0 Å². The molecule has 1 atom stereocenters. The number of carbonyl (C=O) groups is 1. The standard InChI is InChI=1S/C9H16NO5PS/c1-5-14-16(12,15-6-2)9(3,17-7-10)8(11)13-4/h5-6H2,1-4H3. The summed E-state index contributed by atoms with van der Waals surface area (Å²) in [5.41, 5.74) is 0. The molecule has 0 radical (unpaired) electrons. The molecule has 0 aromatic carbocycles. The number of thiocyanates is 1. The van der Waals surface area contributed by atoms with Crippen molar-refractivity contribution in [2.75, 3.05) is 20.3 Å². The monoisotopic (exact) mass is 281 g/mol. The van der Waals surface area contributed by atoms with Crippen molar-refractivity contribution in [3.63, 3.8) is 0 Å². The number of ether oxygens (including phenoxy) is 1. The maximum atomic E-state index is 12.5. The fraction of sp³-hybridized carbons (Fsp3) is 0.778. The van der Waals surface area contributed by atoms with Gasteiger partial charge in [-0.1, -0.05) is 0 Å². The Morgan fingerprint density at radius 1 is 1.41 bits per heavy atom. The Balaban J connectivity index is 5.45. The highest BCUT2D eigenvalue weighted by atomic mass is 32.2. The summed E-state index contributed by atoms with van der Waals surface area (Å²) >= 11 is 0.516. The minimum atomic E-state index is -3.76. The quantitative estimate of drug-likeness (QED) is 0.402. The van der Waals surface area contributed by atoms with Gasteiger partial charge in [0.15, 0.2) is 0 Å². The second-order valence-corrected chi connectivity index (χ2v) is 6.91. The Kier molecular flexibility index (Phi) is 6.80. The van der Waals surface area contributed by atoms with Crippen molar-refractivity contribution in [3.05, 3.63) is 0 Å². The average molecular weight is 281 g/mol. The van der Waals surface area contributed by atoms with Crippen molar-refractivity contribution in [1.29, 1.82) is 5.26 Å². The maximum Gasteiger partial charge on any atom is 0.358 e. The van der Waals surface area contributed by atoms with Gasteiger partial charge in [-0.15, -0.1) is 0 Å². The van der Waals surface area contributed by atoms with Gasteiger partial charge in [0.2, 0.25) is 4.49 Å². The molecule has 0 N–H and O–H groups in total. The summed E-state index contributed by atoms with van der Waals surface area (Å²) in [5.74, 6) is -0.811. The third-order valence-corrected chi connectivity index (χ3v) is 5.95. The molecule has 0 aromatic heterocycles. The number of methoxy groups -OCH3 is 1. The molecule has 0 rings (SSSR count). The number of nitriles is 1. The Labute approximate surface area is 105 Å². The smallest absolute Gasteiger partial charge is 0.358 e. The molecule has 1 unspecified atom stereocenters. The topological polar surface area (TPSA) is 85.6 Å². The normalized spacial score (nSPS) is 14.8. The molecule has 0 aromatic rings. The first kappa shape index (κ1) is 16.5. The van der Waals surface area contributed by atoms with Gasteiger partial charge in [-0.25, -0.2) is 4.79 Å². The molecule has 17 heavy (non-hydrogen) atoms. The lowest BCUT2D eigenvalue weighted by Crippen LogP contribution is -2.34. The highest BCUT2D eigenvalue weighted by Gasteiger charge is 2.55. The lowest BCUT2D eigenvalue weighted by Gasteiger charge is -2.30. The Morgan fingerprint density at radius 2 is 1.88 bits per heavy atom. The van der Waals surface area contributed by atoms with E-state index in [-0.39, 0.29) is 13.2 Å². The van der Waals surface area contributed by atoms with Gasteiger partial charge >= 0.3 is 13.6 Å². The zero-order valence-electron chi connectivity index (χ0n) is 10.3. The van der Waals surface area contributed by atoms with Crippen molar-refractivity contribution < 1.29 is 23.1 Å². The first-order valence-electron chi connectivity index (χ1n) is 4.96. The lowest BCUT2D eigenvalue weighted by molar-refractivity contribution is -0.141. The van der Waals surface area contributed by atoms with Gasteiger partial charge in [-0.3, -0.25) is 4.57 Å². The van der Waals surface area contributed by atoms with E-state index in [4.69, 9.17) is 14.3 Å². The van der Waals surface area contributed by atoms with Crippen molar-refractivity contribution in [2.45, 2.75) is 25.3 Å². The van der Waals surface area contributed by atoms with E-state index in [1.165, 1.54) is 6.92 Å². The number of rotatable bonds is 7. The first-order chi connectivity index (χ1) is 7.91. The van der Waals surface area contributed by atoms with E-state index in [1.54, 1.807) is 19.2 Å². The fourth-order valence-corrected chi connectivity index (χ4v) is 3.90. The number of esters is 1. The minimum absolute atomic E-state index is 0.107. The van der Waals surface area contributed by atoms with Crippen LogP contribution in [0.15, 0.2) is 0 Å². The maximum absolute atomic E-state index is 12.5. The van der Waals surface area contributed by atoms with Crippen LogP contribution in [0.5, 0.6) is 0 Å². The molecular formula is C9H16NO5PS. The van der Waals surface area contributed by atoms with Crippen molar-refractivity contribution in [3.8, 4) is 5.40 Å².